The first-order chi connectivity index (χ1) is 7.29. The van der Waals surface area contributed by atoms with Crippen LogP contribution in [0.15, 0.2) is 15.2 Å². The molecule has 0 saturated carbocycles. The summed E-state index contributed by atoms with van der Waals surface area (Å²) in [6.45, 7) is 3.70. The largest absolute Gasteiger partial charge is 0.382 e. The molecule has 0 fully saturated rings. The summed E-state index contributed by atoms with van der Waals surface area (Å²) >= 11 is 5.31. The topological polar surface area (TPSA) is 21.3 Å². The number of hydrogen-bond acceptors (Lipinski definition) is 3. The van der Waals surface area contributed by atoms with Gasteiger partial charge in [-0.15, -0.1) is 0 Å². The summed E-state index contributed by atoms with van der Waals surface area (Å²) in [6.07, 6.45) is 2.22. The molecule has 0 aliphatic carbocycles. The van der Waals surface area contributed by atoms with Crippen molar-refractivity contribution in [3.63, 3.8) is 0 Å². The van der Waals surface area contributed by atoms with E-state index in [1.165, 1.54) is 10.0 Å². The third-order valence-corrected chi connectivity index (χ3v) is 4.10. The summed E-state index contributed by atoms with van der Waals surface area (Å²) < 4.78 is 6.55. The van der Waals surface area contributed by atoms with Crippen molar-refractivity contribution in [2.24, 2.45) is 0 Å². The number of ether oxygens (including phenoxy) is 1. The molecule has 0 spiro atoms. The normalized spacial score (nSPS) is 13.0. The Kier molecular flexibility index (Phi) is 6.48. The highest BCUT2D eigenvalue weighted by atomic mass is 79.9. The van der Waals surface area contributed by atoms with E-state index >= 15 is 0 Å². The van der Waals surface area contributed by atoms with Gasteiger partial charge < -0.3 is 10.1 Å². The third kappa shape index (κ3) is 4.23. The molecule has 1 aromatic heterocycles. The van der Waals surface area contributed by atoms with E-state index in [9.17, 15) is 0 Å². The Morgan fingerprint density at radius 3 is 2.87 bits per heavy atom. The van der Waals surface area contributed by atoms with E-state index in [4.69, 9.17) is 4.74 Å². The summed E-state index contributed by atoms with van der Waals surface area (Å²) in [5.41, 5.74) is 1.36. The van der Waals surface area contributed by atoms with Crippen molar-refractivity contribution < 1.29 is 4.74 Å². The average molecular weight is 292 g/mol. The van der Waals surface area contributed by atoms with E-state index in [1.807, 2.05) is 14.0 Å². The SMILES string of the molecule is CCOCCCC(NC)c1cscc1Br. The molecule has 0 aliphatic heterocycles. The number of rotatable bonds is 7. The van der Waals surface area contributed by atoms with Gasteiger partial charge in [-0.1, -0.05) is 0 Å². The third-order valence-electron chi connectivity index (χ3n) is 2.35. The number of thiophene rings is 1. The van der Waals surface area contributed by atoms with Gasteiger partial charge in [-0.2, -0.15) is 11.3 Å². The van der Waals surface area contributed by atoms with E-state index in [0.29, 0.717) is 6.04 Å². The van der Waals surface area contributed by atoms with Crippen LogP contribution in [0, 0.1) is 0 Å². The number of hydrogen-bond donors (Lipinski definition) is 1. The molecule has 0 aromatic carbocycles. The summed E-state index contributed by atoms with van der Waals surface area (Å²) in [5, 5.41) is 7.67. The molecule has 1 aromatic rings. The second kappa shape index (κ2) is 7.39. The van der Waals surface area contributed by atoms with Gasteiger partial charge in [0.05, 0.1) is 0 Å². The lowest BCUT2D eigenvalue weighted by molar-refractivity contribution is 0.141. The molecule has 0 radical (unpaired) electrons. The van der Waals surface area contributed by atoms with Gasteiger partial charge in [-0.25, -0.2) is 0 Å². The van der Waals surface area contributed by atoms with Crippen LogP contribution in [-0.4, -0.2) is 20.3 Å². The first kappa shape index (κ1) is 13.2. The first-order valence-electron chi connectivity index (χ1n) is 5.26. The van der Waals surface area contributed by atoms with Crippen LogP contribution in [0.3, 0.4) is 0 Å². The number of halogens is 1. The van der Waals surface area contributed by atoms with Crippen LogP contribution in [0.4, 0.5) is 0 Å². The minimum absolute atomic E-state index is 0.436. The molecule has 1 rings (SSSR count). The van der Waals surface area contributed by atoms with Crippen LogP contribution in [0.1, 0.15) is 31.4 Å². The van der Waals surface area contributed by atoms with Crippen molar-refractivity contribution in [1.82, 2.24) is 5.32 Å². The highest BCUT2D eigenvalue weighted by Crippen LogP contribution is 2.29. The summed E-state index contributed by atoms with van der Waals surface area (Å²) in [6, 6.07) is 0.436. The Balaban J connectivity index is 2.39. The fraction of sp³-hybridized carbons (Fsp3) is 0.636. The van der Waals surface area contributed by atoms with Crippen molar-refractivity contribution in [2.75, 3.05) is 20.3 Å². The Morgan fingerprint density at radius 2 is 2.33 bits per heavy atom. The predicted octanol–water partition coefficient (Wildman–Crippen LogP) is 3.59. The van der Waals surface area contributed by atoms with Gasteiger partial charge in [0.15, 0.2) is 0 Å². The Morgan fingerprint density at radius 1 is 1.53 bits per heavy atom. The molecular formula is C11H18BrNOS. The van der Waals surface area contributed by atoms with Crippen LogP contribution < -0.4 is 5.32 Å². The monoisotopic (exact) mass is 291 g/mol. The Hall–Kier alpha value is 0.100. The second-order valence-electron chi connectivity index (χ2n) is 3.36. The Bertz CT molecular complexity index is 277. The molecule has 0 bridgehead atoms. The summed E-state index contributed by atoms with van der Waals surface area (Å²) in [7, 11) is 2.01. The molecule has 1 atom stereocenters. The molecule has 15 heavy (non-hydrogen) atoms. The van der Waals surface area contributed by atoms with Crippen LogP contribution in [0.2, 0.25) is 0 Å². The van der Waals surface area contributed by atoms with Crippen molar-refractivity contribution in [3.05, 3.63) is 20.8 Å². The zero-order valence-corrected chi connectivity index (χ0v) is 11.7. The van der Waals surface area contributed by atoms with E-state index in [0.717, 1.165) is 26.1 Å². The average Bonchev–Trinajstić information content (AvgIpc) is 2.65. The standard InChI is InChI=1S/C11H18BrNOS/c1-3-14-6-4-5-11(13-2)9-7-15-8-10(9)12/h7-8,11,13H,3-6H2,1-2H3. The van der Waals surface area contributed by atoms with Crippen LogP contribution >= 0.6 is 27.3 Å². The maximum absolute atomic E-state index is 5.34. The molecule has 4 heteroatoms. The van der Waals surface area contributed by atoms with Gasteiger partial charge in [0.1, 0.15) is 0 Å². The molecule has 0 amide bonds. The molecule has 1 heterocycles. The van der Waals surface area contributed by atoms with Crippen molar-refractivity contribution in [3.8, 4) is 0 Å². The first-order valence-corrected chi connectivity index (χ1v) is 6.99. The second-order valence-corrected chi connectivity index (χ2v) is 4.95. The molecule has 1 N–H and O–H groups in total. The molecule has 86 valence electrons. The molecule has 1 unspecified atom stereocenters. The maximum Gasteiger partial charge on any atom is 0.0466 e. The number of nitrogens with one attached hydrogen (secondary N) is 1. The van der Waals surface area contributed by atoms with Crippen LogP contribution in [0.25, 0.3) is 0 Å². The predicted molar refractivity (Wildman–Crippen MR) is 69.5 cm³/mol. The summed E-state index contributed by atoms with van der Waals surface area (Å²) in [4.78, 5) is 0. The van der Waals surface area contributed by atoms with E-state index in [2.05, 4.69) is 32.0 Å². The fourth-order valence-corrected chi connectivity index (χ4v) is 3.16. The zero-order valence-electron chi connectivity index (χ0n) is 9.25. The van der Waals surface area contributed by atoms with E-state index in [1.54, 1.807) is 11.3 Å². The van der Waals surface area contributed by atoms with Gasteiger partial charge in [0.25, 0.3) is 0 Å². The minimum Gasteiger partial charge on any atom is -0.382 e. The quantitative estimate of drug-likeness (QED) is 0.775. The van der Waals surface area contributed by atoms with Gasteiger partial charge in [-0.05, 0) is 53.7 Å². The highest BCUT2D eigenvalue weighted by molar-refractivity contribution is 9.10. The summed E-state index contributed by atoms with van der Waals surface area (Å²) in [5.74, 6) is 0. The smallest absolute Gasteiger partial charge is 0.0466 e. The van der Waals surface area contributed by atoms with Crippen LogP contribution in [0.5, 0.6) is 0 Å². The van der Waals surface area contributed by atoms with E-state index in [-0.39, 0.29) is 0 Å². The minimum atomic E-state index is 0.436. The molecule has 0 aliphatic rings. The van der Waals surface area contributed by atoms with Gasteiger partial charge in [0, 0.05) is 29.1 Å². The maximum atomic E-state index is 5.34. The highest BCUT2D eigenvalue weighted by Gasteiger charge is 2.12. The van der Waals surface area contributed by atoms with Crippen molar-refractivity contribution >= 4 is 27.3 Å². The van der Waals surface area contributed by atoms with Crippen LogP contribution in [-0.2, 0) is 4.74 Å². The lowest BCUT2D eigenvalue weighted by atomic mass is 10.1. The van der Waals surface area contributed by atoms with Gasteiger partial charge in [-0.3, -0.25) is 0 Å². The van der Waals surface area contributed by atoms with Gasteiger partial charge >= 0.3 is 0 Å². The van der Waals surface area contributed by atoms with Crippen molar-refractivity contribution in [2.45, 2.75) is 25.8 Å². The van der Waals surface area contributed by atoms with Gasteiger partial charge in [0.2, 0.25) is 0 Å². The molecule has 2 nitrogen and oxygen atoms in total. The Labute approximate surface area is 104 Å². The zero-order chi connectivity index (χ0) is 11.1. The van der Waals surface area contributed by atoms with Crippen molar-refractivity contribution in [1.29, 1.82) is 0 Å². The molecular weight excluding hydrogens is 274 g/mol. The lowest BCUT2D eigenvalue weighted by Crippen LogP contribution is -2.16. The van der Waals surface area contributed by atoms with E-state index < -0.39 is 0 Å². The molecule has 0 saturated heterocycles. The lowest BCUT2D eigenvalue weighted by Gasteiger charge is -2.15. The fourth-order valence-electron chi connectivity index (χ4n) is 1.53.